The van der Waals surface area contributed by atoms with Crippen molar-refractivity contribution >= 4 is 5.69 Å². The molecule has 0 atom stereocenters. The molecule has 1 heterocycles. The summed E-state index contributed by atoms with van der Waals surface area (Å²) >= 11 is 0. The molecule has 0 unspecified atom stereocenters. The van der Waals surface area contributed by atoms with E-state index in [4.69, 9.17) is 11.3 Å². The van der Waals surface area contributed by atoms with Crippen LogP contribution in [0.4, 0.5) is 5.69 Å². The first-order valence-electron chi connectivity index (χ1n) is 7.21. The molecule has 3 nitrogen and oxygen atoms in total. The average molecular weight is 274 g/mol. The third-order valence-corrected chi connectivity index (χ3v) is 3.55. The number of nitrogens with zero attached hydrogens (tertiary/aromatic N) is 2. The standard InChI is InChI=1S/C16H22N2O.CH4/c1-17-15-7-9-16(10-8-15)19-14-6-2-3-11-18-12-4-5-13-18;/h7-10H,2-6,11-14H2;1H4. The predicted octanol–water partition coefficient (Wildman–Crippen LogP) is 4.52. The van der Waals surface area contributed by atoms with Gasteiger partial charge in [0.05, 0.1) is 13.2 Å². The van der Waals surface area contributed by atoms with E-state index in [1.165, 1.54) is 45.3 Å². The summed E-state index contributed by atoms with van der Waals surface area (Å²) in [4.78, 5) is 5.92. The largest absolute Gasteiger partial charge is 0.494 e. The van der Waals surface area contributed by atoms with Gasteiger partial charge in [-0.3, -0.25) is 0 Å². The smallest absolute Gasteiger partial charge is 0.187 e. The fraction of sp³-hybridized carbons (Fsp3) is 0.588. The number of likely N-dealkylation sites (tertiary alicyclic amines) is 1. The van der Waals surface area contributed by atoms with E-state index in [2.05, 4.69) is 9.74 Å². The molecule has 0 radical (unpaired) electrons. The van der Waals surface area contributed by atoms with Gasteiger partial charge in [-0.25, -0.2) is 4.85 Å². The Morgan fingerprint density at radius 2 is 1.75 bits per heavy atom. The van der Waals surface area contributed by atoms with E-state index in [1.807, 2.05) is 12.1 Å². The van der Waals surface area contributed by atoms with Gasteiger partial charge in [-0.1, -0.05) is 19.6 Å². The van der Waals surface area contributed by atoms with Crippen molar-refractivity contribution in [3.63, 3.8) is 0 Å². The van der Waals surface area contributed by atoms with E-state index in [1.54, 1.807) is 12.1 Å². The van der Waals surface area contributed by atoms with Crippen molar-refractivity contribution in [1.82, 2.24) is 4.90 Å². The lowest BCUT2D eigenvalue weighted by Gasteiger charge is -2.13. The maximum Gasteiger partial charge on any atom is 0.187 e. The fourth-order valence-corrected chi connectivity index (χ4v) is 2.43. The third-order valence-electron chi connectivity index (χ3n) is 3.55. The van der Waals surface area contributed by atoms with Gasteiger partial charge >= 0.3 is 0 Å². The van der Waals surface area contributed by atoms with Gasteiger partial charge in [0.1, 0.15) is 5.75 Å². The summed E-state index contributed by atoms with van der Waals surface area (Å²) in [6.45, 7) is 11.5. The number of benzene rings is 1. The highest BCUT2D eigenvalue weighted by atomic mass is 16.5. The molecular weight excluding hydrogens is 248 g/mol. The summed E-state index contributed by atoms with van der Waals surface area (Å²) in [6.07, 6.45) is 6.38. The second-order valence-corrected chi connectivity index (χ2v) is 5.06. The van der Waals surface area contributed by atoms with Crippen LogP contribution in [-0.2, 0) is 0 Å². The van der Waals surface area contributed by atoms with Crippen molar-refractivity contribution in [3.05, 3.63) is 35.7 Å². The zero-order valence-corrected chi connectivity index (χ0v) is 11.5. The Morgan fingerprint density at radius 3 is 2.40 bits per heavy atom. The van der Waals surface area contributed by atoms with Gasteiger partial charge in [0.2, 0.25) is 0 Å². The van der Waals surface area contributed by atoms with Crippen LogP contribution >= 0.6 is 0 Å². The van der Waals surface area contributed by atoms with Gasteiger partial charge in [-0.15, -0.1) is 0 Å². The molecule has 1 fully saturated rings. The highest BCUT2D eigenvalue weighted by Gasteiger charge is 2.09. The van der Waals surface area contributed by atoms with Crippen molar-refractivity contribution in [2.75, 3.05) is 26.2 Å². The Bertz CT molecular complexity index is 402. The first-order chi connectivity index (χ1) is 9.38. The minimum absolute atomic E-state index is 0. The Morgan fingerprint density at radius 1 is 1.05 bits per heavy atom. The van der Waals surface area contributed by atoms with Crippen molar-refractivity contribution in [3.8, 4) is 5.75 Å². The number of ether oxygens (including phenoxy) is 1. The Balaban J connectivity index is 0.00000200. The van der Waals surface area contributed by atoms with Crippen LogP contribution < -0.4 is 4.74 Å². The van der Waals surface area contributed by atoms with Crippen LogP contribution in [0, 0.1) is 6.57 Å². The molecular formula is C17H26N2O. The maximum absolute atomic E-state index is 6.88. The van der Waals surface area contributed by atoms with Gasteiger partial charge in [0.15, 0.2) is 5.69 Å². The minimum atomic E-state index is 0. The summed E-state index contributed by atoms with van der Waals surface area (Å²) in [6, 6.07) is 7.35. The number of unbranched alkanes of at least 4 members (excludes halogenated alkanes) is 2. The lowest BCUT2D eigenvalue weighted by molar-refractivity contribution is 0.290. The summed E-state index contributed by atoms with van der Waals surface area (Å²) in [5, 5.41) is 0. The molecule has 1 aromatic carbocycles. The van der Waals surface area contributed by atoms with Crippen LogP contribution in [-0.4, -0.2) is 31.1 Å². The molecule has 0 N–H and O–H groups in total. The first kappa shape index (κ1) is 16.5. The normalized spacial score (nSPS) is 14.6. The van der Waals surface area contributed by atoms with Crippen molar-refractivity contribution in [1.29, 1.82) is 0 Å². The molecule has 0 spiro atoms. The van der Waals surface area contributed by atoms with E-state index in [-0.39, 0.29) is 7.43 Å². The Labute approximate surface area is 123 Å². The molecule has 0 saturated carbocycles. The molecule has 0 aliphatic carbocycles. The van der Waals surface area contributed by atoms with E-state index < -0.39 is 0 Å². The molecule has 1 saturated heterocycles. The first-order valence-corrected chi connectivity index (χ1v) is 7.21. The average Bonchev–Trinajstić information content (AvgIpc) is 2.96. The SMILES string of the molecule is C.[C-]#[N+]c1ccc(OCCCCCN2CCCC2)cc1. The van der Waals surface area contributed by atoms with E-state index in [0.29, 0.717) is 5.69 Å². The van der Waals surface area contributed by atoms with Crippen LogP contribution in [0.2, 0.25) is 0 Å². The molecule has 1 aliphatic heterocycles. The van der Waals surface area contributed by atoms with Gasteiger partial charge in [0, 0.05) is 0 Å². The summed E-state index contributed by atoms with van der Waals surface area (Å²) in [5.74, 6) is 0.868. The monoisotopic (exact) mass is 274 g/mol. The Kier molecular flexibility index (Phi) is 7.75. The van der Waals surface area contributed by atoms with Gasteiger partial charge < -0.3 is 9.64 Å². The Hall–Kier alpha value is -1.53. The topological polar surface area (TPSA) is 16.8 Å². The summed E-state index contributed by atoms with van der Waals surface area (Å²) in [5.41, 5.74) is 0.665. The van der Waals surface area contributed by atoms with Crippen molar-refractivity contribution in [2.24, 2.45) is 0 Å². The predicted molar refractivity (Wildman–Crippen MR) is 84.5 cm³/mol. The highest BCUT2D eigenvalue weighted by Crippen LogP contribution is 2.18. The summed E-state index contributed by atoms with van der Waals surface area (Å²) < 4.78 is 5.66. The van der Waals surface area contributed by atoms with Gasteiger partial charge in [-0.05, 0) is 63.9 Å². The van der Waals surface area contributed by atoms with E-state index in [9.17, 15) is 0 Å². The lowest BCUT2D eigenvalue weighted by Crippen LogP contribution is -2.20. The molecule has 0 bridgehead atoms. The number of hydrogen-bond acceptors (Lipinski definition) is 2. The number of hydrogen-bond donors (Lipinski definition) is 0. The quantitative estimate of drug-likeness (QED) is 0.537. The molecule has 2 rings (SSSR count). The van der Waals surface area contributed by atoms with Crippen molar-refractivity contribution < 1.29 is 4.74 Å². The van der Waals surface area contributed by atoms with Crippen LogP contribution in [0.3, 0.4) is 0 Å². The van der Waals surface area contributed by atoms with Crippen LogP contribution in [0.25, 0.3) is 4.85 Å². The number of rotatable bonds is 7. The molecule has 20 heavy (non-hydrogen) atoms. The second kappa shape index (κ2) is 9.39. The fourth-order valence-electron chi connectivity index (χ4n) is 2.43. The molecule has 0 amide bonds. The minimum Gasteiger partial charge on any atom is -0.494 e. The van der Waals surface area contributed by atoms with Crippen molar-refractivity contribution in [2.45, 2.75) is 39.5 Å². The second-order valence-electron chi connectivity index (χ2n) is 5.06. The third kappa shape index (κ3) is 5.63. The lowest BCUT2D eigenvalue weighted by atomic mass is 10.2. The van der Waals surface area contributed by atoms with E-state index in [0.717, 1.165) is 18.8 Å². The zero-order chi connectivity index (χ0) is 13.3. The summed E-state index contributed by atoms with van der Waals surface area (Å²) in [7, 11) is 0. The van der Waals surface area contributed by atoms with Crippen LogP contribution in [0.5, 0.6) is 5.75 Å². The van der Waals surface area contributed by atoms with Crippen LogP contribution in [0.1, 0.15) is 39.5 Å². The molecule has 0 aromatic heterocycles. The maximum atomic E-state index is 6.88. The highest BCUT2D eigenvalue weighted by molar-refractivity contribution is 5.46. The van der Waals surface area contributed by atoms with Gasteiger partial charge in [-0.2, -0.15) is 0 Å². The molecule has 1 aliphatic rings. The molecule has 110 valence electrons. The molecule has 3 heteroatoms. The molecule has 1 aromatic rings. The van der Waals surface area contributed by atoms with Gasteiger partial charge in [0.25, 0.3) is 0 Å². The van der Waals surface area contributed by atoms with Crippen LogP contribution in [0.15, 0.2) is 24.3 Å². The zero-order valence-electron chi connectivity index (χ0n) is 11.5. The van der Waals surface area contributed by atoms with E-state index >= 15 is 0 Å².